The van der Waals surface area contributed by atoms with Crippen LogP contribution in [-0.4, -0.2) is 18.1 Å². The lowest BCUT2D eigenvalue weighted by Gasteiger charge is -1.88. The van der Waals surface area contributed by atoms with Crippen LogP contribution in [0, 0.1) is 0 Å². The van der Waals surface area contributed by atoms with Crippen LogP contribution in [0.1, 0.15) is 26.2 Å². The molecule has 0 unspecified atom stereocenters. The summed E-state index contributed by atoms with van der Waals surface area (Å²) < 4.78 is 5.24. The molecule has 0 spiro atoms. The van der Waals surface area contributed by atoms with Gasteiger partial charge in [0.1, 0.15) is 0 Å². The largest absolute Gasteiger partial charge is 0.368 e. The SMILES string of the molecule is CCCC[C@@H]1O[C@H]1CCl. The molecule has 0 amide bonds. The number of rotatable bonds is 4. The number of hydrogen-bond acceptors (Lipinski definition) is 1. The fourth-order valence-corrected chi connectivity index (χ4v) is 1.25. The molecule has 0 N–H and O–H groups in total. The molecule has 54 valence electrons. The van der Waals surface area contributed by atoms with E-state index in [4.69, 9.17) is 16.3 Å². The van der Waals surface area contributed by atoms with E-state index in [1.165, 1.54) is 19.3 Å². The number of ether oxygens (including phenoxy) is 1. The van der Waals surface area contributed by atoms with Crippen molar-refractivity contribution >= 4 is 11.6 Å². The van der Waals surface area contributed by atoms with Gasteiger partial charge in [-0.3, -0.25) is 0 Å². The van der Waals surface area contributed by atoms with Gasteiger partial charge in [-0.2, -0.15) is 0 Å². The highest BCUT2D eigenvalue weighted by Gasteiger charge is 2.36. The topological polar surface area (TPSA) is 12.5 Å². The van der Waals surface area contributed by atoms with Crippen LogP contribution in [0.15, 0.2) is 0 Å². The normalized spacial score (nSPS) is 32.7. The van der Waals surface area contributed by atoms with E-state index in [0.29, 0.717) is 18.1 Å². The van der Waals surface area contributed by atoms with Gasteiger partial charge in [-0.25, -0.2) is 0 Å². The number of halogens is 1. The maximum Gasteiger partial charge on any atom is 0.0976 e. The number of unbranched alkanes of at least 4 members (excludes halogenated alkanes) is 1. The van der Waals surface area contributed by atoms with Crippen molar-refractivity contribution in [3.05, 3.63) is 0 Å². The summed E-state index contributed by atoms with van der Waals surface area (Å²) in [4.78, 5) is 0. The maximum atomic E-state index is 5.55. The van der Waals surface area contributed by atoms with E-state index in [-0.39, 0.29) is 0 Å². The zero-order valence-electron chi connectivity index (χ0n) is 5.77. The second kappa shape index (κ2) is 3.43. The van der Waals surface area contributed by atoms with Crippen LogP contribution in [0.3, 0.4) is 0 Å². The van der Waals surface area contributed by atoms with Crippen molar-refractivity contribution in [2.45, 2.75) is 38.4 Å². The summed E-state index contributed by atoms with van der Waals surface area (Å²) in [6.45, 7) is 2.19. The molecule has 2 atom stereocenters. The first kappa shape index (κ1) is 7.36. The molecule has 0 aromatic carbocycles. The van der Waals surface area contributed by atoms with Crippen molar-refractivity contribution < 1.29 is 4.74 Å². The molecule has 1 aliphatic heterocycles. The highest BCUT2D eigenvalue weighted by Crippen LogP contribution is 2.27. The fourth-order valence-electron chi connectivity index (χ4n) is 0.974. The van der Waals surface area contributed by atoms with Crippen molar-refractivity contribution in [1.29, 1.82) is 0 Å². The van der Waals surface area contributed by atoms with E-state index in [9.17, 15) is 0 Å². The average Bonchev–Trinajstić information content (AvgIpc) is 2.62. The van der Waals surface area contributed by atoms with E-state index in [2.05, 4.69) is 6.92 Å². The second-order valence-corrected chi connectivity index (χ2v) is 2.82. The Balaban J connectivity index is 1.92. The quantitative estimate of drug-likeness (QED) is 0.440. The van der Waals surface area contributed by atoms with Crippen LogP contribution in [0.2, 0.25) is 0 Å². The smallest absolute Gasteiger partial charge is 0.0976 e. The molecule has 1 fully saturated rings. The molecule has 1 saturated heterocycles. The van der Waals surface area contributed by atoms with Crippen LogP contribution in [0.5, 0.6) is 0 Å². The Labute approximate surface area is 61.3 Å². The predicted octanol–water partition coefficient (Wildman–Crippen LogP) is 2.18. The van der Waals surface area contributed by atoms with Crippen LogP contribution in [-0.2, 0) is 4.74 Å². The predicted molar refractivity (Wildman–Crippen MR) is 38.9 cm³/mol. The molecular formula is C7H13ClO. The summed E-state index contributed by atoms with van der Waals surface area (Å²) in [6, 6.07) is 0. The summed E-state index contributed by atoms with van der Waals surface area (Å²) in [6.07, 6.45) is 4.63. The molecule has 9 heavy (non-hydrogen) atoms. The highest BCUT2D eigenvalue weighted by molar-refractivity contribution is 6.18. The van der Waals surface area contributed by atoms with Gasteiger partial charge in [0.2, 0.25) is 0 Å². The van der Waals surface area contributed by atoms with Gasteiger partial charge in [0, 0.05) is 0 Å². The van der Waals surface area contributed by atoms with E-state index in [0.717, 1.165) is 0 Å². The molecule has 0 radical (unpaired) electrons. The summed E-state index contributed by atoms with van der Waals surface area (Å²) in [5, 5.41) is 0. The van der Waals surface area contributed by atoms with Gasteiger partial charge in [0.15, 0.2) is 0 Å². The number of hydrogen-bond donors (Lipinski definition) is 0. The zero-order valence-corrected chi connectivity index (χ0v) is 6.53. The Morgan fingerprint density at radius 1 is 1.44 bits per heavy atom. The minimum Gasteiger partial charge on any atom is -0.368 e. The Bertz CT molecular complexity index is 85.0. The first-order valence-corrected chi connectivity index (χ1v) is 4.13. The molecule has 0 aliphatic carbocycles. The number of epoxide rings is 1. The van der Waals surface area contributed by atoms with Gasteiger partial charge in [-0.05, 0) is 6.42 Å². The highest BCUT2D eigenvalue weighted by atomic mass is 35.5. The monoisotopic (exact) mass is 148 g/mol. The Morgan fingerprint density at radius 3 is 2.67 bits per heavy atom. The van der Waals surface area contributed by atoms with Crippen molar-refractivity contribution in [3.8, 4) is 0 Å². The molecule has 0 aromatic heterocycles. The van der Waals surface area contributed by atoms with Crippen molar-refractivity contribution in [2.24, 2.45) is 0 Å². The lowest BCUT2D eigenvalue weighted by Crippen LogP contribution is -1.93. The lowest BCUT2D eigenvalue weighted by molar-refractivity contribution is 0.367. The molecule has 2 heteroatoms. The lowest BCUT2D eigenvalue weighted by atomic mass is 10.2. The van der Waals surface area contributed by atoms with Crippen LogP contribution < -0.4 is 0 Å². The van der Waals surface area contributed by atoms with Crippen molar-refractivity contribution in [1.82, 2.24) is 0 Å². The third-order valence-electron chi connectivity index (χ3n) is 1.68. The van der Waals surface area contributed by atoms with Gasteiger partial charge < -0.3 is 4.74 Å². The minimum atomic E-state index is 0.387. The first-order valence-electron chi connectivity index (χ1n) is 3.60. The second-order valence-electron chi connectivity index (χ2n) is 2.51. The number of alkyl halides is 1. The average molecular weight is 149 g/mol. The minimum absolute atomic E-state index is 0.387. The Morgan fingerprint density at radius 2 is 2.22 bits per heavy atom. The molecule has 1 nitrogen and oxygen atoms in total. The third kappa shape index (κ3) is 2.15. The summed E-state index contributed by atoms with van der Waals surface area (Å²) in [7, 11) is 0. The molecule has 1 heterocycles. The molecular weight excluding hydrogens is 136 g/mol. The maximum absolute atomic E-state index is 5.55. The van der Waals surface area contributed by atoms with Gasteiger partial charge in [-0.15, -0.1) is 11.6 Å². The Hall–Kier alpha value is 0.250. The van der Waals surface area contributed by atoms with Gasteiger partial charge in [0.05, 0.1) is 18.1 Å². The summed E-state index contributed by atoms with van der Waals surface area (Å²) in [5.74, 6) is 0.675. The van der Waals surface area contributed by atoms with E-state index in [1.54, 1.807) is 0 Å². The van der Waals surface area contributed by atoms with Crippen molar-refractivity contribution in [2.75, 3.05) is 5.88 Å². The van der Waals surface area contributed by atoms with E-state index in [1.807, 2.05) is 0 Å². The zero-order chi connectivity index (χ0) is 6.69. The Kier molecular flexibility index (Phi) is 2.80. The van der Waals surface area contributed by atoms with Gasteiger partial charge >= 0.3 is 0 Å². The fraction of sp³-hybridized carbons (Fsp3) is 1.00. The molecule has 1 rings (SSSR count). The van der Waals surface area contributed by atoms with E-state index >= 15 is 0 Å². The first-order chi connectivity index (χ1) is 4.38. The van der Waals surface area contributed by atoms with Gasteiger partial charge in [-0.1, -0.05) is 19.8 Å². The molecule has 0 aromatic rings. The summed E-state index contributed by atoms with van der Waals surface area (Å²) in [5.41, 5.74) is 0. The van der Waals surface area contributed by atoms with Crippen LogP contribution in [0.25, 0.3) is 0 Å². The molecule has 0 saturated carbocycles. The standard InChI is InChI=1S/C7H13ClO/c1-2-3-4-6-7(5-8)9-6/h6-7H,2-5H2,1H3/t6-,7-/m0/s1. The van der Waals surface area contributed by atoms with Crippen LogP contribution in [0.4, 0.5) is 0 Å². The molecule has 0 bridgehead atoms. The third-order valence-corrected chi connectivity index (χ3v) is 1.99. The summed E-state index contributed by atoms with van der Waals surface area (Å²) >= 11 is 5.55. The van der Waals surface area contributed by atoms with Gasteiger partial charge in [0.25, 0.3) is 0 Å². The van der Waals surface area contributed by atoms with E-state index < -0.39 is 0 Å². The van der Waals surface area contributed by atoms with Crippen LogP contribution >= 0.6 is 11.6 Å². The molecule has 1 aliphatic rings. The van der Waals surface area contributed by atoms with Crippen molar-refractivity contribution in [3.63, 3.8) is 0 Å².